The van der Waals surface area contributed by atoms with Gasteiger partial charge in [-0.25, -0.2) is 8.42 Å². The minimum atomic E-state index is -3.35. The maximum Gasteiger partial charge on any atom is 0.252 e. The average molecular weight is 389 g/mol. The molecule has 0 atom stereocenters. The van der Waals surface area contributed by atoms with Crippen LogP contribution in [0, 0.1) is 5.92 Å². The molecule has 2 N–H and O–H groups in total. The summed E-state index contributed by atoms with van der Waals surface area (Å²) in [6.45, 7) is 10.7. The normalized spacial score (nSPS) is 12.8. The van der Waals surface area contributed by atoms with E-state index in [1.54, 1.807) is 13.1 Å². The largest absolute Gasteiger partial charge is 0.356 e. The first kappa shape index (κ1) is 21.9. The van der Waals surface area contributed by atoms with E-state index in [9.17, 15) is 8.42 Å². The summed E-state index contributed by atoms with van der Waals surface area (Å²) >= 11 is 1.35. The van der Waals surface area contributed by atoms with Crippen molar-refractivity contribution in [2.45, 2.75) is 44.7 Å². The third-order valence-corrected chi connectivity index (χ3v) is 7.50. The van der Waals surface area contributed by atoms with Crippen LogP contribution in [-0.2, 0) is 16.4 Å². The van der Waals surface area contributed by atoms with Crippen LogP contribution in [0.1, 0.15) is 39.0 Å². The van der Waals surface area contributed by atoms with Crippen molar-refractivity contribution in [1.29, 1.82) is 0 Å². The lowest BCUT2D eigenvalue weighted by atomic mass is 10.1. The standard InChI is InChI=1S/C17H32N4O2S2/c1-6-21(7-2)25(22,23)16-9-8-15(24-16)11-13-20-17(18-5)19-12-10-14(3)4/h8-9,14H,6-7,10-13H2,1-5H3,(H2,18,19,20). The number of aliphatic imine (C=N–C) groups is 1. The molecule has 8 heteroatoms. The molecule has 0 saturated carbocycles. The lowest BCUT2D eigenvalue weighted by Crippen LogP contribution is -2.38. The summed E-state index contributed by atoms with van der Waals surface area (Å²) in [5.41, 5.74) is 0. The van der Waals surface area contributed by atoms with Crippen molar-refractivity contribution in [2.75, 3.05) is 33.2 Å². The maximum atomic E-state index is 12.5. The summed E-state index contributed by atoms with van der Waals surface area (Å²) in [6.07, 6.45) is 1.86. The molecule has 0 aliphatic heterocycles. The van der Waals surface area contributed by atoms with Gasteiger partial charge in [-0.05, 0) is 30.9 Å². The Labute approximate surface area is 156 Å². The number of hydrogen-bond donors (Lipinski definition) is 2. The summed E-state index contributed by atoms with van der Waals surface area (Å²) in [4.78, 5) is 5.25. The van der Waals surface area contributed by atoms with Crippen molar-refractivity contribution in [3.63, 3.8) is 0 Å². The molecule has 1 rings (SSSR count). The average Bonchev–Trinajstić information content (AvgIpc) is 3.03. The van der Waals surface area contributed by atoms with E-state index in [1.807, 2.05) is 19.9 Å². The summed E-state index contributed by atoms with van der Waals surface area (Å²) in [6, 6.07) is 3.61. The zero-order valence-electron chi connectivity index (χ0n) is 16.0. The molecule has 0 spiro atoms. The second-order valence-corrected chi connectivity index (χ2v) is 9.50. The van der Waals surface area contributed by atoms with Gasteiger partial charge >= 0.3 is 0 Å². The van der Waals surface area contributed by atoms with Gasteiger partial charge in [0.15, 0.2) is 5.96 Å². The number of nitrogens with one attached hydrogen (secondary N) is 2. The fourth-order valence-corrected chi connectivity index (χ4v) is 5.29. The van der Waals surface area contributed by atoms with Crippen molar-refractivity contribution in [1.82, 2.24) is 14.9 Å². The van der Waals surface area contributed by atoms with Gasteiger partial charge in [0, 0.05) is 38.1 Å². The summed E-state index contributed by atoms with van der Waals surface area (Å²) < 4.78 is 26.9. The molecule has 0 unspecified atom stereocenters. The van der Waals surface area contributed by atoms with Crippen molar-refractivity contribution >= 4 is 27.3 Å². The Kier molecular flexibility index (Phi) is 9.45. The van der Waals surface area contributed by atoms with Crippen molar-refractivity contribution in [2.24, 2.45) is 10.9 Å². The lowest BCUT2D eigenvalue weighted by Gasteiger charge is -2.16. The fourth-order valence-electron chi connectivity index (χ4n) is 2.33. The quantitative estimate of drug-likeness (QED) is 0.477. The van der Waals surface area contributed by atoms with Crippen LogP contribution >= 0.6 is 11.3 Å². The Balaban J connectivity index is 2.53. The number of guanidine groups is 1. The molecule has 0 aromatic carbocycles. The van der Waals surface area contributed by atoms with Crippen LogP contribution in [-0.4, -0.2) is 51.9 Å². The van der Waals surface area contributed by atoms with Crippen molar-refractivity contribution < 1.29 is 8.42 Å². The van der Waals surface area contributed by atoms with Crippen LogP contribution in [0.15, 0.2) is 21.3 Å². The molecule has 0 amide bonds. The molecule has 144 valence electrons. The molecular weight excluding hydrogens is 356 g/mol. The minimum Gasteiger partial charge on any atom is -0.356 e. The third kappa shape index (κ3) is 6.95. The van der Waals surface area contributed by atoms with Gasteiger partial charge in [0.05, 0.1) is 0 Å². The highest BCUT2D eigenvalue weighted by Crippen LogP contribution is 2.25. The first-order valence-electron chi connectivity index (χ1n) is 8.88. The van der Waals surface area contributed by atoms with E-state index in [0.717, 1.165) is 30.2 Å². The monoisotopic (exact) mass is 388 g/mol. The highest BCUT2D eigenvalue weighted by Gasteiger charge is 2.23. The number of rotatable bonds is 10. The molecule has 1 heterocycles. The second-order valence-electron chi connectivity index (χ2n) is 6.17. The molecule has 0 radical (unpaired) electrons. The van der Waals surface area contributed by atoms with Crippen LogP contribution < -0.4 is 10.6 Å². The van der Waals surface area contributed by atoms with E-state index >= 15 is 0 Å². The predicted molar refractivity (Wildman–Crippen MR) is 107 cm³/mol. The second kappa shape index (κ2) is 10.8. The van der Waals surface area contributed by atoms with Crippen LogP contribution in [0.4, 0.5) is 0 Å². The topological polar surface area (TPSA) is 73.8 Å². The number of thiophene rings is 1. The van der Waals surface area contributed by atoms with Crippen LogP contribution in [0.2, 0.25) is 0 Å². The van der Waals surface area contributed by atoms with E-state index in [-0.39, 0.29) is 0 Å². The Morgan fingerprint density at radius 2 is 1.84 bits per heavy atom. The highest BCUT2D eigenvalue weighted by atomic mass is 32.2. The lowest BCUT2D eigenvalue weighted by molar-refractivity contribution is 0.447. The van der Waals surface area contributed by atoms with Gasteiger partial charge in [0.1, 0.15) is 4.21 Å². The molecule has 0 aliphatic rings. The van der Waals surface area contributed by atoms with Gasteiger partial charge < -0.3 is 10.6 Å². The molecule has 6 nitrogen and oxygen atoms in total. The van der Waals surface area contributed by atoms with Crippen molar-refractivity contribution in [3.8, 4) is 0 Å². The minimum absolute atomic E-state index is 0.422. The van der Waals surface area contributed by atoms with Gasteiger partial charge in [-0.1, -0.05) is 27.7 Å². The highest BCUT2D eigenvalue weighted by molar-refractivity contribution is 7.91. The van der Waals surface area contributed by atoms with E-state index in [0.29, 0.717) is 29.8 Å². The molecule has 25 heavy (non-hydrogen) atoms. The Morgan fingerprint density at radius 1 is 1.20 bits per heavy atom. The summed E-state index contributed by atoms with van der Waals surface area (Å²) in [5.74, 6) is 1.44. The number of sulfonamides is 1. The fraction of sp³-hybridized carbons (Fsp3) is 0.706. The molecular formula is C17H32N4O2S2. The first-order valence-corrected chi connectivity index (χ1v) is 11.1. The molecule has 1 aromatic rings. The molecule has 0 bridgehead atoms. The first-order chi connectivity index (χ1) is 11.8. The number of hydrogen-bond acceptors (Lipinski definition) is 4. The molecule has 0 saturated heterocycles. The van der Waals surface area contributed by atoms with Gasteiger partial charge in [0.2, 0.25) is 0 Å². The summed E-state index contributed by atoms with van der Waals surface area (Å²) in [5, 5.41) is 6.56. The smallest absolute Gasteiger partial charge is 0.252 e. The Hall–Kier alpha value is -1.12. The predicted octanol–water partition coefficient (Wildman–Crippen LogP) is 2.53. The van der Waals surface area contributed by atoms with Crippen LogP contribution in [0.25, 0.3) is 0 Å². The van der Waals surface area contributed by atoms with E-state index in [4.69, 9.17) is 0 Å². The van der Waals surface area contributed by atoms with Gasteiger partial charge in [0.25, 0.3) is 10.0 Å². The van der Waals surface area contributed by atoms with Gasteiger partial charge in [-0.3, -0.25) is 4.99 Å². The zero-order chi connectivity index (χ0) is 18.9. The third-order valence-electron chi connectivity index (χ3n) is 3.84. The SMILES string of the molecule is CCN(CC)S(=O)(=O)c1ccc(CCNC(=NC)NCCC(C)C)s1. The van der Waals surface area contributed by atoms with Gasteiger partial charge in [-0.15, -0.1) is 11.3 Å². The van der Waals surface area contributed by atoms with Gasteiger partial charge in [-0.2, -0.15) is 4.31 Å². The van der Waals surface area contributed by atoms with E-state index in [2.05, 4.69) is 29.5 Å². The van der Waals surface area contributed by atoms with E-state index < -0.39 is 10.0 Å². The molecule has 0 aliphatic carbocycles. The number of nitrogens with zero attached hydrogens (tertiary/aromatic N) is 2. The van der Waals surface area contributed by atoms with E-state index in [1.165, 1.54) is 15.6 Å². The maximum absolute atomic E-state index is 12.5. The molecule has 1 aromatic heterocycles. The molecule has 0 fully saturated rings. The van der Waals surface area contributed by atoms with Crippen LogP contribution in [0.3, 0.4) is 0 Å². The Morgan fingerprint density at radius 3 is 2.40 bits per heavy atom. The van der Waals surface area contributed by atoms with Crippen LogP contribution in [0.5, 0.6) is 0 Å². The Bertz CT molecular complexity index is 635. The summed E-state index contributed by atoms with van der Waals surface area (Å²) in [7, 11) is -1.60. The van der Waals surface area contributed by atoms with Crippen molar-refractivity contribution in [3.05, 3.63) is 17.0 Å². The zero-order valence-corrected chi connectivity index (χ0v) is 17.6.